The maximum atomic E-state index is 12.9. The van der Waals surface area contributed by atoms with E-state index in [-0.39, 0.29) is 38.2 Å². The topological polar surface area (TPSA) is 95.6 Å². The molecule has 2 N–H and O–H groups in total. The fourth-order valence-corrected chi connectivity index (χ4v) is 4.08. The number of benzene rings is 3. The van der Waals surface area contributed by atoms with Crippen molar-refractivity contribution in [2.45, 2.75) is 6.92 Å². The van der Waals surface area contributed by atoms with Gasteiger partial charge in [0.15, 0.2) is 5.78 Å². The number of rotatable bonds is 6. The normalized spacial score (nSPS) is 13.3. The first-order valence-electron chi connectivity index (χ1n) is 10.2. The molecule has 0 saturated carbocycles. The molecule has 0 aromatic heterocycles. The van der Waals surface area contributed by atoms with E-state index >= 15 is 0 Å². The Labute approximate surface area is 215 Å². The van der Waals surface area contributed by atoms with Crippen LogP contribution in [0.25, 0.3) is 0 Å². The second-order valence-corrected chi connectivity index (χ2v) is 8.80. The zero-order chi connectivity index (χ0) is 25.3. The van der Waals surface area contributed by atoms with Crippen molar-refractivity contribution < 1.29 is 19.2 Å². The predicted octanol–water partition coefficient (Wildman–Crippen LogP) is 5.88. The lowest BCUT2D eigenvalue weighted by atomic mass is 10.1. The maximum absolute atomic E-state index is 12.9. The molecule has 3 aromatic rings. The van der Waals surface area contributed by atoms with Gasteiger partial charge in [0.2, 0.25) is 0 Å². The zero-order valence-electron chi connectivity index (χ0n) is 18.1. The second kappa shape index (κ2) is 9.92. The van der Waals surface area contributed by atoms with E-state index in [1.54, 1.807) is 48.5 Å². The summed E-state index contributed by atoms with van der Waals surface area (Å²) in [6.45, 7) is 1.46. The molecule has 0 fully saturated rings. The zero-order valence-corrected chi connectivity index (χ0v) is 20.3. The van der Waals surface area contributed by atoms with Gasteiger partial charge in [-0.1, -0.05) is 34.8 Å². The molecule has 35 heavy (non-hydrogen) atoms. The van der Waals surface area contributed by atoms with Gasteiger partial charge in [-0.25, -0.2) is 4.90 Å². The van der Waals surface area contributed by atoms with Crippen molar-refractivity contribution in [1.82, 2.24) is 0 Å². The highest BCUT2D eigenvalue weighted by atomic mass is 35.5. The van der Waals surface area contributed by atoms with Gasteiger partial charge in [-0.2, -0.15) is 0 Å². The number of imide groups is 1. The number of amides is 3. The van der Waals surface area contributed by atoms with Crippen LogP contribution >= 0.6 is 34.8 Å². The number of carbonyl (C=O) groups excluding carboxylic acids is 4. The number of hydrogen-bond donors (Lipinski definition) is 2. The van der Waals surface area contributed by atoms with E-state index < -0.39 is 11.8 Å². The molecule has 0 atom stereocenters. The van der Waals surface area contributed by atoms with Gasteiger partial charge in [-0.05, 0) is 73.7 Å². The van der Waals surface area contributed by atoms with E-state index in [0.29, 0.717) is 22.5 Å². The highest BCUT2D eigenvalue weighted by Gasteiger charge is 2.39. The minimum atomic E-state index is -0.718. The molecule has 3 amide bonds. The third-order valence-electron chi connectivity index (χ3n) is 5.10. The van der Waals surface area contributed by atoms with Crippen molar-refractivity contribution >= 4 is 75.4 Å². The van der Waals surface area contributed by atoms with E-state index in [1.807, 2.05) is 0 Å². The lowest BCUT2D eigenvalue weighted by Crippen LogP contribution is -2.32. The van der Waals surface area contributed by atoms with Crippen LogP contribution in [0, 0.1) is 0 Å². The molecule has 1 aliphatic rings. The van der Waals surface area contributed by atoms with Crippen LogP contribution in [-0.4, -0.2) is 23.5 Å². The van der Waals surface area contributed by atoms with E-state index in [1.165, 1.54) is 25.1 Å². The van der Waals surface area contributed by atoms with Crippen molar-refractivity contribution in [3.63, 3.8) is 0 Å². The first-order valence-corrected chi connectivity index (χ1v) is 11.3. The molecule has 0 unspecified atom stereocenters. The molecule has 7 nitrogen and oxygen atoms in total. The summed E-state index contributed by atoms with van der Waals surface area (Å²) < 4.78 is 0. The fourth-order valence-electron chi connectivity index (χ4n) is 3.36. The molecule has 3 aromatic carbocycles. The minimum absolute atomic E-state index is 0.0666. The Balaban J connectivity index is 1.47. The van der Waals surface area contributed by atoms with Crippen LogP contribution in [0.1, 0.15) is 27.6 Å². The monoisotopic (exact) mass is 527 g/mol. The van der Waals surface area contributed by atoms with Gasteiger partial charge in [0, 0.05) is 32.5 Å². The largest absolute Gasteiger partial charge is 0.350 e. The summed E-state index contributed by atoms with van der Waals surface area (Å²) in [7, 11) is 0. The molecule has 0 aliphatic carbocycles. The Morgan fingerprint density at radius 1 is 0.743 bits per heavy atom. The Morgan fingerprint density at radius 2 is 1.29 bits per heavy atom. The van der Waals surface area contributed by atoms with Gasteiger partial charge in [0.05, 0.1) is 5.69 Å². The standard InChI is InChI=1S/C25H16Cl3N3O4/c1-13(32)14-2-6-19(7-3-14)30-23(33)15-4-8-18(9-5-15)29-22-21(28)24(34)31(25(22)35)20-11-16(26)10-17(27)12-20/h2-12,29H,1H3,(H,30,33). The summed E-state index contributed by atoms with van der Waals surface area (Å²) in [6, 6.07) is 17.1. The molecule has 4 rings (SSSR count). The van der Waals surface area contributed by atoms with Crippen LogP contribution in [0.5, 0.6) is 0 Å². The molecule has 176 valence electrons. The number of nitrogens with one attached hydrogen (secondary N) is 2. The summed E-state index contributed by atoms with van der Waals surface area (Å²) in [4.78, 5) is 50.3. The third-order valence-corrected chi connectivity index (χ3v) is 5.89. The van der Waals surface area contributed by atoms with Gasteiger partial charge in [-0.3, -0.25) is 19.2 Å². The molecular formula is C25H16Cl3N3O4. The second-order valence-electron chi connectivity index (χ2n) is 7.55. The Hall–Kier alpha value is -3.65. The maximum Gasteiger partial charge on any atom is 0.283 e. The number of halogens is 3. The van der Waals surface area contributed by atoms with Crippen LogP contribution in [0.15, 0.2) is 77.5 Å². The predicted molar refractivity (Wildman–Crippen MR) is 136 cm³/mol. The summed E-state index contributed by atoms with van der Waals surface area (Å²) in [5.74, 6) is -1.82. The van der Waals surface area contributed by atoms with Crippen LogP contribution in [-0.2, 0) is 9.59 Å². The van der Waals surface area contributed by atoms with Crippen LogP contribution in [0.2, 0.25) is 10.0 Å². The van der Waals surface area contributed by atoms with Crippen molar-refractivity contribution in [3.05, 3.63) is 98.6 Å². The quantitative estimate of drug-likeness (QED) is 0.307. The summed E-state index contributed by atoms with van der Waals surface area (Å²) in [5.41, 5.74) is 1.95. The van der Waals surface area contributed by atoms with Gasteiger partial charge >= 0.3 is 0 Å². The fraction of sp³-hybridized carbons (Fsp3) is 0.0400. The van der Waals surface area contributed by atoms with Crippen LogP contribution in [0.4, 0.5) is 17.1 Å². The van der Waals surface area contributed by atoms with Gasteiger partial charge in [-0.15, -0.1) is 0 Å². The molecule has 0 bridgehead atoms. The molecular weight excluding hydrogens is 513 g/mol. The van der Waals surface area contributed by atoms with Crippen molar-refractivity contribution in [2.75, 3.05) is 15.5 Å². The Bertz CT molecular complexity index is 1380. The highest BCUT2D eigenvalue weighted by Crippen LogP contribution is 2.33. The molecule has 0 radical (unpaired) electrons. The first-order chi connectivity index (χ1) is 16.6. The number of nitrogens with zero attached hydrogens (tertiary/aromatic N) is 1. The van der Waals surface area contributed by atoms with E-state index in [9.17, 15) is 19.2 Å². The summed E-state index contributed by atoms with van der Waals surface area (Å²) in [5, 5.41) is 5.81. The summed E-state index contributed by atoms with van der Waals surface area (Å²) in [6.07, 6.45) is 0. The number of anilines is 3. The van der Waals surface area contributed by atoms with Crippen LogP contribution < -0.4 is 15.5 Å². The number of carbonyl (C=O) groups is 4. The average Bonchev–Trinajstić information content (AvgIpc) is 3.02. The van der Waals surface area contributed by atoms with Crippen molar-refractivity contribution in [3.8, 4) is 0 Å². The van der Waals surface area contributed by atoms with Crippen molar-refractivity contribution in [2.24, 2.45) is 0 Å². The number of hydrogen-bond acceptors (Lipinski definition) is 5. The Kier molecular flexibility index (Phi) is 6.93. The smallest absolute Gasteiger partial charge is 0.283 e. The first kappa shape index (κ1) is 24.5. The van der Waals surface area contributed by atoms with E-state index in [4.69, 9.17) is 34.8 Å². The van der Waals surface area contributed by atoms with Crippen LogP contribution in [0.3, 0.4) is 0 Å². The Morgan fingerprint density at radius 3 is 1.86 bits per heavy atom. The number of ketones is 1. The lowest BCUT2D eigenvalue weighted by Gasteiger charge is -2.16. The van der Waals surface area contributed by atoms with Gasteiger partial charge in [0.1, 0.15) is 10.7 Å². The van der Waals surface area contributed by atoms with E-state index in [2.05, 4.69) is 10.6 Å². The molecule has 1 heterocycles. The number of Topliss-reactive ketones (excluding diaryl/α,β-unsaturated/α-hetero) is 1. The lowest BCUT2D eigenvalue weighted by molar-refractivity contribution is -0.120. The molecule has 1 aliphatic heterocycles. The molecule has 0 spiro atoms. The summed E-state index contributed by atoms with van der Waals surface area (Å²) >= 11 is 18.1. The van der Waals surface area contributed by atoms with E-state index in [0.717, 1.165) is 4.90 Å². The van der Waals surface area contributed by atoms with Gasteiger partial charge in [0.25, 0.3) is 17.7 Å². The average molecular weight is 529 g/mol. The third kappa shape index (κ3) is 5.22. The van der Waals surface area contributed by atoms with Crippen molar-refractivity contribution in [1.29, 1.82) is 0 Å². The molecule has 10 heteroatoms. The minimum Gasteiger partial charge on any atom is -0.350 e. The van der Waals surface area contributed by atoms with Gasteiger partial charge < -0.3 is 10.6 Å². The molecule has 0 saturated heterocycles. The SMILES string of the molecule is CC(=O)c1ccc(NC(=O)c2ccc(NC3=C(Cl)C(=O)N(c4cc(Cl)cc(Cl)c4)C3=O)cc2)cc1. The highest BCUT2D eigenvalue weighted by molar-refractivity contribution is 6.53.